The van der Waals surface area contributed by atoms with E-state index in [1.54, 1.807) is 0 Å². The molecule has 1 N–H and O–H groups in total. The number of fused-ring (bicyclic) bond motifs is 1. The number of allylic oxidation sites excluding steroid dienone is 1. The maximum atomic E-state index is 5.85. The van der Waals surface area contributed by atoms with Crippen molar-refractivity contribution >= 4 is 22.9 Å². The molecule has 0 saturated carbocycles. The second-order valence-corrected chi connectivity index (χ2v) is 9.24. The summed E-state index contributed by atoms with van der Waals surface area (Å²) in [5, 5.41) is 8.42. The Hall–Kier alpha value is -4.17. The molecular weight excluding hydrogens is 472 g/mol. The number of benzene rings is 3. The molecule has 2 aliphatic rings. The fourth-order valence-electron chi connectivity index (χ4n) is 4.52. The third-order valence-electron chi connectivity index (χ3n) is 6.47. The van der Waals surface area contributed by atoms with Crippen LogP contribution in [0.3, 0.4) is 0 Å². The number of nitrogens with one attached hydrogen (secondary N) is 1. The molecule has 3 aromatic carbocycles. The Balaban J connectivity index is 1.42. The number of hydrogen-bond acceptors (Lipinski definition) is 6. The lowest BCUT2D eigenvalue weighted by atomic mass is 9.94. The van der Waals surface area contributed by atoms with Gasteiger partial charge in [0.2, 0.25) is 12.6 Å². The number of rotatable bonds is 5. The van der Waals surface area contributed by atoms with Crippen LogP contribution in [-0.2, 0) is 6.54 Å². The Labute approximate surface area is 214 Å². The molecule has 4 aromatic rings. The summed E-state index contributed by atoms with van der Waals surface area (Å²) in [6, 6.07) is 23.9. The van der Waals surface area contributed by atoms with Crippen molar-refractivity contribution in [3.63, 3.8) is 0 Å². The average molecular weight is 497 g/mol. The monoisotopic (exact) mass is 496 g/mol. The van der Waals surface area contributed by atoms with Crippen LogP contribution >= 0.6 is 12.2 Å². The van der Waals surface area contributed by atoms with Crippen LogP contribution < -0.4 is 14.8 Å². The highest BCUT2D eigenvalue weighted by atomic mass is 32.1. The van der Waals surface area contributed by atoms with Crippen molar-refractivity contribution in [2.75, 3.05) is 6.79 Å². The highest BCUT2D eigenvalue weighted by Crippen LogP contribution is 2.39. The van der Waals surface area contributed by atoms with E-state index in [0.29, 0.717) is 23.4 Å². The minimum absolute atomic E-state index is 0.227. The number of aryl methyl sites for hydroxylation is 1. The minimum Gasteiger partial charge on any atom is -0.454 e. The van der Waals surface area contributed by atoms with Crippen LogP contribution in [0.25, 0.3) is 17.0 Å². The van der Waals surface area contributed by atoms with Crippen LogP contribution in [0.2, 0.25) is 0 Å². The number of ether oxygens (including phenoxy) is 2. The molecule has 1 unspecified atom stereocenters. The van der Waals surface area contributed by atoms with Crippen LogP contribution in [0.15, 0.2) is 83.0 Å². The first-order chi connectivity index (χ1) is 17.6. The Bertz CT molecular complexity index is 1460. The molecule has 0 spiro atoms. The molecule has 8 heteroatoms. The van der Waals surface area contributed by atoms with Crippen LogP contribution in [0.5, 0.6) is 11.5 Å². The molecule has 36 heavy (non-hydrogen) atoms. The van der Waals surface area contributed by atoms with Crippen LogP contribution in [0.1, 0.15) is 35.5 Å². The lowest BCUT2D eigenvalue weighted by Gasteiger charge is -2.37. The molecule has 1 aromatic heterocycles. The van der Waals surface area contributed by atoms with Gasteiger partial charge in [-0.1, -0.05) is 71.4 Å². The van der Waals surface area contributed by atoms with Gasteiger partial charge in [-0.05, 0) is 49.3 Å². The fourth-order valence-corrected chi connectivity index (χ4v) is 4.84. The highest BCUT2D eigenvalue weighted by Gasteiger charge is 2.34. The molecule has 0 fully saturated rings. The van der Waals surface area contributed by atoms with E-state index < -0.39 is 0 Å². The molecule has 180 valence electrons. The van der Waals surface area contributed by atoms with E-state index in [1.165, 1.54) is 5.56 Å². The maximum Gasteiger partial charge on any atom is 0.258 e. The van der Waals surface area contributed by atoms with Gasteiger partial charge < -0.3 is 24.2 Å². The van der Waals surface area contributed by atoms with Gasteiger partial charge >= 0.3 is 0 Å². The quantitative estimate of drug-likeness (QED) is 0.356. The first kappa shape index (κ1) is 22.3. The van der Waals surface area contributed by atoms with Crippen molar-refractivity contribution in [1.29, 1.82) is 0 Å². The summed E-state index contributed by atoms with van der Waals surface area (Å²) in [5.41, 5.74) is 6.04. The van der Waals surface area contributed by atoms with Crippen molar-refractivity contribution < 1.29 is 14.0 Å². The van der Waals surface area contributed by atoms with E-state index >= 15 is 0 Å². The average Bonchev–Trinajstić information content (AvgIpc) is 3.57. The Kier molecular flexibility index (Phi) is 5.65. The number of aromatic nitrogens is 2. The Morgan fingerprint density at radius 1 is 0.972 bits per heavy atom. The van der Waals surface area contributed by atoms with E-state index in [0.717, 1.165) is 39.5 Å². The van der Waals surface area contributed by atoms with E-state index in [-0.39, 0.29) is 12.8 Å². The fraction of sp³-hybridized carbons (Fsp3) is 0.179. The minimum atomic E-state index is -0.227. The zero-order chi connectivity index (χ0) is 24.6. The van der Waals surface area contributed by atoms with Gasteiger partial charge in [0.25, 0.3) is 5.89 Å². The molecule has 0 radical (unpaired) electrons. The summed E-state index contributed by atoms with van der Waals surface area (Å²) < 4.78 is 16.9. The van der Waals surface area contributed by atoms with Gasteiger partial charge in [-0.25, -0.2) is 0 Å². The second kappa shape index (κ2) is 9.13. The van der Waals surface area contributed by atoms with E-state index in [1.807, 2.05) is 55.5 Å². The Morgan fingerprint density at radius 3 is 2.56 bits per heavy atom. The van der Waals surface area contributed by atoms with Crippen LogP contribution in [-0.4, -0.2) is 26.9 Å². The van der Waals surface area contributed by atoms with Crippen molar-refractivity contribution in [3.05, 3.63) is 101 Å². The molecule has 0 saturated heterocycles. The summed E-state index contributed by atoms with van der Waals surface area (Å²) in [5.74, 6) is 2.50. The zero-order valence-electron chi connectivity index (χ0n) is 19.9. The number of hydrogen-bond donors (Lipinski definition) is 1. The molecule has 3 heterocycles. The summed E-state index contributed by atoms with van der Waals surface area (Å²) in [4.78, 5) is 6.83. The van der Waals surface area contributed by atoms with Gasteiger partial charge in [0, 0.05) is 11.3 Å². The summed E-state index contributed by atoms with van der Waals surface area (Å²) in [6.45, 7) is 4.91. The summed E-state index contributed by atoms with van der Waals surface area (Å²) in [6.07, 6.45) is 0. The lowest BCUT2D eigenvalue weighted by molar-refractivity contribution is 0.174. The molecular formula is C28H24N4O3S. The smallest absolute Gasteiger partial charge is 0.258 e. The number of nitrogens with zero attached hydrogens (tertiary/aromatic N) is 3. The van der Waals surface area contributed by atoms with Gasteiger partial charge in [0.15, 0.2) is 16.6 Å². The Morgan fingerprint density at radius 2 is 1.75 bits per heavy atom. The van der Waals surface area contributed by atoms with Gasteiger partial charge in [-0.15, -0.1) is 0 Å². The predicted octanol–water partition coefficient (Wildman–Crippen LogP) is 5.64. The van der Waals surface area contributed by atoms with Crippen LogP contribution in [0.4, 0.5) is 0 Å². The highest BCUT2D eigenvalue weighted by molar-refractivity contribution is 7.80. The largest absolute Gasteiger partial charge is 0.454 e. The van der Waals surface area contributed by atoms with Crippen molar-refractivity contribution in [2.24, 2.45) is 0 Å². The molecule has 0 bridgehead atoms. The molecule has 1 atom stereocenters. The van der Waals surface area contributed by atoms with Gasteiger partial charge in [-0.2, -0.15) is 4.98 Å². The summed E-state index contributed by atoms with van der Waals surface area (Å²) >= 11 is 5.85. The summed E-state index contributed by atoms with van der Waals surface area (Å²) in [7, 11) is 0. The van der Waals surface area contributed by atoms with Crippen molar-refractivity contribution in [1.82, 2.24) is 20.4 Å². The third-order valence-corrected chi connectivity index (χ3v) is 6.81. The number of thiocarbonyl (C=S) groups is 1. The van der Waals surface area contributed by atoms with Gasteiger partial charge in [-0.3, -0.25) is 0 Å². The van der Waals surface area contributed by atoms with E-state index in [2.05, 4.69) is 46.6 Å². The van der Waals surface area contributed by atoms with Gasteiger partial charge in [0.05, 0.1) is 18.2 Å². The predicted molar refractivity (Wildman–Crippen MR) is 140 cm³/mol. The van der Waals surface area contributed by atoms with Crippen molar-refractivity contribution in [2.45, 2.75) is 26.4 Å². The van der Waals surface area contributed by atoms with E-state index in [4.69, 9.17) is 31.2 Å². The van der Waals surface area contributed by atoms with Crippen LogP contribution in [0, 0.1) is 6.92 Å². The lowest BCUT2D eigenvalue weighted by Crippen LogP contribution is -2.45. The topological polar surface area (TPSA) is 72.7 Å². The molecule has 0 amide bonds. The second-order valence-electron chi connectivity index (χ2n) is 8.86. The van der Waals surface area contributed by atoms with Crippen molar-refractivity contribution in [3.8, 4) is 22.9 Å². The maximum absolute atomic E-state index is 5.85. The van der Waals surface area contributed by atoms with E-state index in [9.17, 15) is 0 Å². The third kappa shape index (κ3) is 4.09. The first-order valence-corrected chi connectivity index (χ1v) is 12.1. The zero-order valence-corrected chi connectivity index (χ0v) is 20.7. The molecule has 6 rings (SSSR count). The normalized spacial score (nSPS) is 16.9. The first-order valence-electron chi connectivity index (χ1n) is 11.7. The SMILES string of the molecule is CC1=C(c2nc(-c3ccccc3)no2)C(c2ccc(C)cc2)NC(=S)N1Cc1ccc2c(c1)OCO2. The standard InChI is InChI=1S/C28H24N4O3S/c1-17-8-11-20(12-9-17)25-24(27-30-26(31-35-27)21-6-4-3-5-7-21)18(2)32(28(36)29-25)15-19-10-13-22-23(14-19)34-16-33-22/h3-14,25H,15-16H2,1-2H3,(H,29,36). The molecule has 0 aliphatic carbocycles. The molecule has 2 aliphatic heterocycles. The molecule has 7 nitrogen and oxygen atoms in total. The van der Waals surface area contributed by atoms with Gasteiger partial charge in [0.1, 0.15) is 0 Å².